The molecule has 0 bridgehead atoms. The number of aliphatic hydroxyl groups excluding tert-OH is 5. The normalized spacial score (nSPS) is 20.0. The Morgan fingerprint density at radius 2 is 1.00 bits per heavy atom. The molecule has 1 saturated heterocycles. The fourth-order valence-electron chi connectivity index (χ4n) is 8.01. The molecule has 6 N–H and O–H groups in total. The molecule has 384 valence electrons. The molecule has 0 aliphatic carbocycles. The van der Waals surface area contributed by atoms with Gasteiger partial charge in [-0.3, -0.25) is 9.59 Å². The largest absolute Gasteiger partial charge is 0.466 e. The van der Waals surface area contributed by atoms with Crippen molar-refractivity contribution < 1.29 is 49.3 Å². The number of ether oxygens (including phenoxy) is 3. The minimum atomic E-state index is -1.59. The topological polar surface area (TPSA) is 175 Å². The van der Waals surface area contributed by atoms with E-state index < -0.39 is 49.5 Å². The van der Waals surface area contributed by atoms with E-state index in [9.17, 15) is 35.1 Å². The van der Waals surface area contributed by atoms with Crippen LogP contribution < -0.4 is 5.32 Å². The average Bonchev–Trinajstić information content (AvgIpc) is 3.31. The fraction of sp³-hybridized carbons (Fsp3) is 0.818. The fourth-order valence-corrected chi connectivity index (χ4v) is 8.01. The van der Waals surface area contributed by atoms with Gasteiger partial charge in [-0.15, -0.1) is 0 Å². The van der Waals surface area contributed by atoms with Crippen molar-refractivity contribution in [3.8, 4) is 0 Å². The molecule has 1 aliphatic rings. The van der Waals surface area contributed by atoms with Crippen LogP contribution in [0, 0.1) is 0 Å². The van der Waals surface area contributed by atoms with Crippen LogP contribution in [0.1, 0.15) is 226 Å². The molecular formula is C55H99NO10. The van der Waals surface area contributed by atoms with Gasteiger partial charge >= 0.3 is 5.97 Å². The molecule has 0 aromatic rings. The van der Waals surface area contributed by atoms with Crippen LogP contribution in [-0.2, 0) is 23.8 Å². The summed E-state index contributed by atoms with van der Waals surface area (Å²) < 4.78 is 16.6. The van der Waals surface area contributed by atoms with Gasteiger partial charge in [-0.25, -0.2) is 0 Å². The number of hydrogen-bond acceptors (Lipinski definition) is 10. The van der Waals surface area contributed by atoms with Crippen molar-refractivity contribution in [1.29, 1.82) is 0 Å². The predicted octanol–water partition coefficient (Wildman–Crippen LogP) is 11.3. The van der Waals surface area contributed by atoms with Crippen LogP contribution >= 0.6 is 0 Å². The maximum atomic E-state index is 13.0. The number of unbranched alkanes of at least 4 members (excludes halogenated alkanes) is 25. The number of aliphatic hydroxyl groups is 5. The Morgan fingerprint density at radius 3 is 1.55 bits per heavy atom. The van der Waals surface area contributed by atoms with Gasteiger partial charge < -0.3 is 45.1 Å². The number of carbonyl (C=O) groups excluding carboxylic acids is 2. The second-order valence-electron chi connectivity index (χ2n) is 18.6. The van der Waals surface area contributed by atoms with E-state index in [0.717, 1.165) is 89.9 Å². The summed E-state index contributed by atoms with van der Waals surface area (Å²) in [5.41, 5.74) is 0. The van der Waals surface area contributed by atoms with Crippen LogP contribution in [0.3, 0.4) is 0 Å². The summed E-state index contributed by atoms with van der Waals surface area (Å²) in [6.45, 7) is 4.19. The Labute approximate surface area is 402 Å². The van der Waals surface area contributed by atoms with Gasteiger partial charge in [0.25, 0.3) is 0 Å². The Kier molecular flexibility index (Phi) is 42.1. The first-order chi connectivity index (χ1) is 32.2. The first-order valence-electron chi connectivity index (χ1n) is 26.9. The number of amides is 1. The van der Waals surface area contributed by atoms with Gasteiger partial charge in [0, 0.05) is 12.8 Å². The van der Waals surface area contributed by atoms with E-state index in [1.165, 1.54) is 103 Å². The molecular weight excluding hydrogens is 835 g/mol. The number of allylic oxidation sites excluding steroid dienone is 7. The van der Waals surface area contributed by atoms with E-state index in [2.05, 4.69) is 55.6 Å². The van der Waals surface area contributed by atoms with E-state index in [1.807, 2.05) is 6.08 Å². The summed E-state index contributed by atoms with van der Waals surface area (Å²) in [5, 5.41) is 54.3. The van der Waals surface area contributed by atoms with E-state index in [-0.39, 0.29) is 18.5 Å². The van der Waals surface area contributed by atoms with Crippen molar-refractivity contribution in [2.45, 2.75) is 269 Å². The summed E-state index contributed by atoms with van der Waals surface area (Å²) >= 11 is 0. The molecule has 0 saturated carbocycles. The molecule has 1 fully saturated rings. The molecule has 11 nitrogen and oxygen atoms in total. The number of esters is 1. The van der Waals surface area contributed by atoms with Crippen LogP contribution in [-0.4, -0.2) is 100 Å². The summed E-state index contributed by atoms with van der Waals surface area (Å²) in [6, 6.07) is -0.847. The van der Waals surface area contributed by atoms with Crippen LogP contribution in [0.4, 0.5) is 0 Å². The Balaban J connectivity index is 2.26. The first kappa shape index (κ1) is 61.6. The molecule has 1 rings (SSSR count). The van der Waals surface area contributed by atoms with Crippen LogP contribution in [0.15, 0.2) is 48.6 Å². The van der Waals surface area contributed by atoms with E-state index >= 15 is 0 Å². The lowest BCUT2D eigenvalue weighted by Crippen LogP contribution is -2.60. The van der Waals surface area contributed by atoms with Gasteiger partial charge in [-0.2, -0.15) is 0 Å². The summed E-state index contributed by atoms with van der Waals surface area (Å²) in [7, 11) is 0. The molecule has 1 heterocycles. The molecule has 0 aromatic heterocycles. The predicted molar refractivity (Wildman–Crippen MR) is 269 cm³/mol. The standard InChI is InChI=1S/C55H99NO10/c1-3-5-7-9-11-13-15-16-17-18-22-25-29-33-37-41-48(58)47(46-65-55-54(63)53(62)52(61)49(45-57)66-55)56-50(59)42-38-34-30-26-23-19-20-24-28-32-36-40-44-64-51(60)43-39-35-31-27-21-14-12-10-8-6-4-2/h10,12,20,22,24-25,37,41,47-49,52-55,57-58,61-63H,3-9,11,13-19,21,23,26-36,38-40,42-46H2,1-2H3,(H,56,59)/b12-10-,24-20-,25-22+,41-37+. The zero-order valence-electron chi connectivity index (χ0n) is 41.9. The molecule has 66 heavy (non-hydrogen) atoms. The highest BCUT2D eigenvalue weighted by molar-refractivity contribution is 5.76. The maximum absolute atomic E-state index is 13.0. The minimum absolute atomic E-state index is 0.0597. The van der Waals surface area contributed by atoms with Crippen molar-refractivity contribution in [2.75, 3.05) is 19.8 Å². The molecule has 11 heteroatoms. The highest BCUT2D eigenvalue weighted by atomic mass is 16.7. The zero-order valence-corrected chi connectivity index (χ0v) is 41.9. The second kappa shape index (κ2) is 45.1. The van der Waals surface area contributed by atoms with Gasteiger partial charge in [0.15, 0.2) is 6.29 Å². The van der Waals surface area contributed by atoms with Gasteiger partial charge in [0.1, 0.15) is 24.4 Å². The smallest absolute Gasteiger partial charge is 0.305 e. The quantitative estimate of drug-likeness (QED) is 0.0196. The van der Waals surface area contributed by atoms with E-state index in [1.54, 1.807) is 6.08 Å². The Hall–Kier alpha value is -2.38. The number of hydrogen-bond donors (Lipinski definition) is 6. The molecule has 0 spiro atoms. The maximum Gasteiger partial charge on any atom is 0.305 e. The summed E-state index contributed by atoms with van der Waals surface area (Å²) in [5.74, 6) is -0.279. The highest BCUT2D eigenvalue weighted by Gasteiger charge is 2.44. The molecule has 0 radical (unpaired) electrons. The molecule has 1 aliphatic heterocycles. The van der Waals surface area contributed by atoms with Gasteiger partial charge in [-0.1, -0.05) is 165 Å². The van der Waals surface area contributed by atoms with Gasteiger partial charge in [0.05, 0.1) is 32.0 Å². The Bertz CT molecular complexity index is 1240. The van der Waals surface area contributed by atoms with Crippen LogP contribution in [0.2, 0.25) is 0 Å². The van der Waals surface area contributed by atoms with Crippen molar-refractivity contribution in [3.63, 3.8) is 0 Å². The third kappa shape index (κ3) is 34.8. The van der Waals surface area contributed by atoms with E-state index in [0.29, 0.717) is 25.9 Å². The third-order valence-electron chi connectivity index (χ3n) is 12.4. The number of rotatable bonds is 45. The molecule has 7 atom stereocenters. The minimum Gasteiger partial charge on any atom is -0.466 e. The van der Waals surface area contributed by atoms with Crippen molar-refractivity contribution in [3.05, 3.63) is 48.6 Å². The molecule has 1 amide bonds. The number of nitrogens with one attached hydrogen (secondary N) is 1. The van der Waals surface area contributed by atoms with Gasteiger partial charge in [-0.05, 0) is 96.3 Å². The second-order valence-corrected chi connectivity index (χ2v) is 18.6. The lowest BCUT2D eigenvalue weighted by atomic mass is 9.99. The molecule has 0 aromatic carbocycles. The SMILES string of the molecule is CCCC/C=C\CCCCCCCC(=O)OCCCCC/C=C\CCCCCCCC(=O)NC(COC1OC(CO)C(O)C(O)C1O)C(O)/C=C/CC/C=C/CCCCCCCCCCC. The van der Waals surface area contributed by atoms with Crippen molar-refractivity contribution in [1.82, 2.24) is 5.32 Å². The lowest BCUT2D eigenvalue weighted by Gasteiger charge is -2.40. The van der Waals surface area contributed by atoms with E-state index in [4.69, 9.17) is 14.2 Å². The monoisotopic (exact) mass is 934 g/mol. The lowest BCUT2D eigenvalue weighted by molar-refractivity contribution is -0.302. The highest BCUT2D eigenvalue weighted by Crippen LogP contribution is 2.23. The third-order valence-corrected chi connectivity index (χ3v) is 12.4. The van der Waals surface area contributed by atoms with Crippen LogP contribution in [0.25, 0.3) is 0 Å². The van der Waals surface area contributed by atoms with Crippen LogP contribution in [0.5, 0.6) is 0 Å². The summed E-state index contributed by atoms with van der Waals surface area (Å²) in [6.07, 6.45) is 44.7. The number of carbonyl (C=O) groups is 2. The summed E-state index contributed by atoms with van der Waals surface area (Å²) in [4.78, 5) is 25.0. The van der Waals surface area contributed by atoms with Gasteiger partial charge in [0.2, 0.25) is 5.91 Å². The van der Waals surface area contributed by atoms with Crippen molar-refractivity contribution >= 4 is 11.9 Å². The molecule has 7 unspecified atom stereocenters. The average molecular weight is 934 g/mol. The first-order valence-corrected chi connectivity index (χ1v) is 26.9. The zero-order chi connectivity index (χ0) is 48.1. The Morgan fingerprint density at radius 1 is 0.545 bits per heavy atom. The van der Waals surface area contributed by atoms with Crippen molar-refractivity contribution in [2.24, 2.45) is 0 Å².